The molecule has 0 radical (unpaired) electrons. The molecule has 0 aliphatic carbocycles. The Labute approximate surface area is 161 Å². The molecule has 2 N–H and O–H groups in total. The van der Waals surface area contributed by atoms with E-state index in [1.54, 1.807) is 25.1 Å². The van der Waals surface area contributed by atoms with Crippen LogP contribution in [0.5, 0.6) is 0 Å². The molecule has 0 aliphatic rings. The lowest BCUT2D eigenvalue weighted by molar-refractivity contribution is -0.120. The number of oxazole rings is 1. The number of aryl methyl sites for hydroxylation is 1. The van der Waals surface area contributed by atoms with Gasteiger partial charge in [-0.2, -0.15) is 0 Å². The number of fused-ring (bicyclic) bond motifs is 1. The van der Waals surface area contributed by atoms with E-state index in [0.717, 1.165) is 16.5 Å². The molecule has 6 heteroatoms. The number of nitrogens with zero attached hydrogens (tertiary/aromatic N) is 1. The van der Waals surface area contributed by atoms with Gasteiger partial charge in [0.1, 0.15) is 11.6 Å². The first kappa shape index (κ1) is 18.0. The fraction of sp³-hybridized carbons (Fsp3) is 0.182. The highest BCUT2D eigenvalue weighted by molar-refractivity contribution is 5.88. The summed E-state index contributed by atoms with van der Waals surface area (Å²) in [6.07, 6.45) is 2.69. The number of benzene rings is 2. The quantitative estimate of drug-likeness (QED) is 0.530. The molecule has 0 bridgehead atoms. The van der Waals surface area contributed by atoms with E-state index in [1.807, 2.05) is 30.5 Å². The Morgan fingerprint density at radius 2 is 1.96 bits per heavy atom. The number of rotatable bonds is 6. The molecule has 0 unspecified atom stereocenters. The van der Waals surface area contributed by atoms with Gasteiger partial charge in [0.2, 0.25) is 11.8 Å². The predicted octanol–water partition coefficient (Wildman–Crippen LogP) is 4.17. The minimum atomic E-state index is -0.373. The number of para-hydroxylation sites is 1. The first-order valence-electron chi connectivity index (χ1n) is 9.14. The number of carbonyl (C=O) groups excluding carboxylic acids is 1. The summed E-state index contributed by atoms with van der Waals surface area (Å²) in [6, 6.07) is 14.3. The molecule has 2 heterocycles. The van der Waals surface area contributed by atoms with Crippen LogP contribution in [0.25, 0.3) is 22.4 Å². The summed E-state index contributed by atoms with van der Waals surface area (Å²) in [7, 11) is 0. The van der Waals surface area contributed by atoms with Crippen LogP contribution in [-0.4, -0.2) is 22.4 Å². The van der Waals surface area contributed by atoms with Crippen LogP contribution in [0.15, 0.2) is 59.1 Å². The summed E-state index contributed by atoms with van der Waals surface area (Å²) in [5.41, 5.74) is 3.03. The van der Waals surface area contributed by atoms with Crippen molar-refractivity contribution in [2.75, 3.05) is 6.54 Å². The molecule has 0 saturated heterocycles. The van der Waals surface area contributed by atoms with Crippen molar-refractivity contribution in [1.29, 1.82) is 0 Å². The summed E-state index contributed by atoms with van der Waals surface area (Å²) >= 11 is 0. The topological polar surface area (TPSA) is 70.9 Å². The third-order valence-corrected chi connectivity index (χ3v) is 4.71. The van der Waals surface area contributed by atoms with Crippen LogP contribution in [0.1, 0.15) is 17.0 Å². The number of amides is 1. The number of hydrogen-bond donors (Lipinski definition) is 2. The standard InChI is InChI=1S/C22H20FN3O2/c1-14-19(26-22(28-14)17-7-2-4-8-18(17)23)10-11-24-21(27)12-15-13-25-20-9-5-3-6-16(15)20/h2-9,13,25H,10-12H2,1H3,(H,24,27). The van der Waals surface area contributed by atoms with Crippen LogP contribution in [0.4, 0.5) is 4.39 Å². The Hall–Kier alpha value is -3.41. The van der Waals surface area contributed by atoms with Gasteiger partial charge >= 0.3 is 0 Å². The Kier molecular flexibility index (Phi) is 4.93. The highest BCUT2D eigenvalue weighted by Crippen LogP contribution is 2.24. The van der Waals surface area contributed by atoms with Gasteiger partial charge in [-0.3, -0.25) is 4.79 Å². The van der Waals surface area contributed by atoms with Crippen molar-refractivity contribution in [2.45, 2.75) is 19.8 Å². The van der Waals surface area contributed by atoms with Crippen molar-refractivity contribution in [2.24, 2.45) is 0 Å². The lowest BCUT2D eigenvalue weighted by Gasteiger charge is -2.04. The second kappa shape index (κ2) is 7.68. The minimum Gasteiger partial charge on any atom is -0.441 e. The first-order valence-corrected chi connectivity index (χ1v) is 9.14. The first-order chi connectivity index (χ1) is 13.6. The molecule has 2 aromatic carbocycles. The average molecular weight is 377 g/mol. The molecule has 0 saturated carbocycles. The Morgan fingerprint density at radius 1 is 1.18 bits per heavy atom. The van der Waals surface area contributed by atoms with Crippen molar-refractivity contribution >= 4 is 16.8 Å². The van der Waals surface area contributed by atoms with E-state index in [0.29, 0.717) is 36.4 Å². The van der Waals surface area contributed by atoms with Crippen LogP contribution in [-0.2, 0) is 17.6 Å². The van der Waals surface area contributed by atoms with E-state index in [2.05, 4.69) is 15.3 Å². The molecule has 4 rings (SSSR count). The molecule has 28 heavy (non-hydrogen) atoms. The summed E-state index contributed by atoms with van der Waals surface area (Å²) in [4.78, 5) is 19.8. The highest BCUT2D eigenvalue weighted by atomic mass is 19.1. The monoisotopic (exact) mass is 377 g/mol. The predicted molar refractivity (Wildman–Crippen MR) is 105 cm³/mol. The van der Waals surface area contributed by atoms with Crippen LogP contribution in [0, 0.1) is 12.7 Å². The lowest BCUT2D eigenvalue weighted by Crippen LogP contribution is -2.27. The third kappa shape index (κ3) is 3.67. The summed E-state index contributed by atoms with van der Waals surface area (Å²) in [5.74, 6) is 0.461. The maximum absolute atomic E-state index is 13.9. The van der Waals surface area contributed by atoms with Gasteiger partial charge in [-0.25, -0.2) is 9.37 Å². The Morgan fingerprint density at radius 3 is 2.82 bits per heavy atom. The molecule has 0 spiro atoms. The zero-order valence-corrected chi connectivity index (χ0v) is 15.5. The fourth-order valence-corrected chi connectivity index (χ4v) is 3.24. The van der Waals surface area contributed by atoms with E-state index >= 15 is 0 Å². The van der Waals surface area contributed by atoms with Crippen molar-refractivity contribution in [3.05, 3.63) is 77.6 Å². The molecule has 142 valence electrons. The molecular weight excluding hydrogens is 357 g/mol. The Bertz CT molecular complexity index is 1130. The maximum atomic E-state index is 13.9. The number of halogens is 1. The number of carbonyl (C=O) groups is 1. The van der Waals surface area contributed by atoms with Gasteiger partial charge in [-0.05, 0) is 30.7 Å². The van der Waals surface area contributed by atoms with Crippen molar-refractivity contribution in [3.63, 3.8) is 0 Å². The van der Waals surface area contributed by atoms with Gasteiger partial charge in [0.25, 0.3) is 0 Å². The van der Waals surface area contributed by atoms with Gasteiger partial charge in [0, 0.05) is 30.1 Å². The largest absolute Gasteiger partial charge is 0.441 e. The average Bonchev–Trinajstić information content (AvgIpc) is 3.26. The Balaban J connectivity index is 1.36. The van der Waals surface area contributed by atoms with Gasteiger partial charge in [-0.15, -0.1) is 0 Å². The van der Waals surface area contributed by atoms with E-state index in [-0.39, 0.29) is 17.6 Å². The lowest BCUT2D eigenvalue weighted by atomic mass is 10.1. The smallest absolute Gasteiger partial charge is 0.229 e. The fourth-order valence-electron chi connectivity index (χ4n) is 3.24. The number of hydrogen-bond acceptors (Lipinski definition) is 3. The second-order valence-electron chi connectivity index (χ2n) is 6.64. The molecule has 4 aromatic rings. The molecule has 1 amide bonds. The molecule has 0 fully saturated rings. The van der Waals surface area contributed by atoms with E-state index in [9.17, 15) is 9.18 Å². The molecular formula is C22H20FN3O2. The molecule has 2 aromatic heterocycles. The van der Waals surface area contributed by atoms with E-state index in [4.69, 9.17) is 4.42 Å². The SMILES string of the molecule is Cc1oc(-c2ccccc2F)nc1CCNC(=O)Cc1c[nH]c2ccccc12. The number of nitrogens with one attached hydrogen (secondary N) is 2. The van der Waals surface area contributed by atoms with E-state index in [1.165, 1.54) is 6.07 Å². The van der Waals surface area contributed by atoms with Gasteiger partial charge in [0.05, 0.1) is 17.7 Å². The number of aromatic amines is 1. The number of aromatic nitrogens is 2. The molecule has 5 nitrogen and oxygen atoms in total. The van der Waals surface area contributed by atoms with Crippen LogP contribution < -0.4 is 5.32 Å². The van der Waals surface area contributed by atoms with Crippen molar-refractivity contribution in [1.82, 2.24) is 15.3 Å². The van der Waals surface area contributed by atoms with E-state index < -0.39 is 0 Å². The van der Waals surface area contributed by atoms with Crippen molar-refractivity contribution < 1.29 is 13.6 Å². The zero-order valence-electron chi connectivity index (χ0n) is 15.5. The minimum absolute atomic E-state index is 0.0553. The van der Waals surface area contributed by atoms with Crippen LogP contribution in [0.2, 0.25) is 0 Å². The molecule has 0 atom stereocenters. The number of H-pyrrole nitrogens is 1. The highest BCUT2D eigenvalue weighted by Gasteiger charge is 2.15. The van der Waals surface area contributed by atoms with Gasteiger partial charge in [0.15, 0.2) is 0 Å². The van der Waals surface area contributed by atoms with Gasteiger partial charge in [-0.1, -0.05) is 30.3 Å². The summed E-state index contributed by atoms with van der Waals surface area (Å²) < 4.78 is 19.5. The third-order valence-electron chi connectivity index (χ3n) is 4.71. The summed E-state index contributed by atoms with van der Waals surface area (Å²) in [6.45, 7) is 2.23. The van der Waals surface area contributed by atoms with Crippen molar-refractivity contribution in [3.8, 4) is 11.5 Å². The van der Waals surface area contributed by atoms with Crippen LogP contribution >= 0.6 is 0 Å². The zero-order chi connectivity index (χ0) is 19.5. The van der Waals surface area contributed by atoms with Gasteiger partial charge < -0.3 is 14.7 Å². The maximum Gasteiger partial charge on any atom is 0.229 e. The van der Waals surface area contributed by atoms with Crippen LogP contribution in [0.3, 0.4) is 0 Å². The second-order valence-corrected chi connectivity index (χ2v) is 6.64. The molecule has 0 aliphatic heterocycles. The normalized spacial score (nSPS) is 11.1. The summed E-state index contributed by atoms with van der Waals surface area (Å²) in [5, 5.41) is 3.97.